The third-order valence-electron chi connectivity index (χ3n) is 3.90. The summed E-state index contributed by atoms with van der Waals surface area (Å²) in [5.74, 6) is 1.17. The Labute approximate surface area is 141 Å². The van der Waals surface area contributed by atoms with Crippen LogP contribution in [-0.4, -0.2) is 39.1 Å². The fraction of sp³-hybridized carbons (Fsp3) is 0.500. The summed E-state index contributed by atoms with van der Waals surface area (Å²) in [5, 5.41) is 0.859. The van der Waals surface area contributed by atoms with Crippen LogP contribution >= 0.6 is 11.8 Å². The van der Waals surface area contributed by atoms with Crippen molar-refractivity contribution in [3.05, 3.63) is 30.0 Å². The summed E-state index contributed by atoms with van der Waals surface area (Å²) in [6.45, 7) is 7.13. The monoisotopic (exact) mass is 329 g/mol. The van der Waals surface area contributed by atoms with Crippen molar-refractivity contribution in [1.29, 1.82) is 0 Å². The van der Waals surface area contributed by atoms with Crippen LogP contribution in [0.4, 0.5) is 0 Å². The van der Waals surface area contributed by atoms with Crippen LogP contribution in [0, 0.1) is 12.8 Å². The quantitative estimate of drug-likeness (QED) is 0.759. The number of benzene rings is 1. The number of aromatic nitrogens is 2. The minimum absolute atomic E-state index is 0.223. The molecule has 0 radical (unpaired) electrons. The first-order chi connectivity index (χ1) is 11.0. The van der Waals surface area contributed by atoms with Gasteiger partial charge in [0.05, 0.1) is 22.5 Å². The minimum atomic E-state index is 0.223. The van der Waals surface area contributed by atoms with Crippen LogP contribution in [0.15, 0.2) is 29.3 Å². The Balaban J connectivity index is 1.69. The highest BCUT2D eigenvalue weighted by Gasteiger charge is 2.32. The van der Waals surface area contributed by atoms with E-state index in [-0.39, 0.29) is 5.91 Å². The van der Waals surface area contributed by atoms with Crippen LogP contribution in [-0.2, 0) is 4.79 Å². The van der Waals surface area contributed by atoms with Gasteiger partial charge in [0.1, 0.15) is 5.03 Å². The van der Waals surface area contributed by atoms with Gasteiger partial charge in [-0.3, -0.25) is 4.79 Å². The molecule has 23 heavy (non-hydrogen) atoms. The molecule has 2 aromatic rings. The Morgan fingerprint density at radius 2 is 1.91 bits per heavy atom. The molecule has 5 heteroatoms. The highest BCUT2D eigenvalue weighted by atomic mass is 32.2. The summed E-state index contributed by atoms with van der Waals surface area (Å²) in [7, 11) is 0. The largest absolute Gasteiger partial charge is 0.339 e. The number of fused-ring (bicyclic) bond motifs is 1. The Morgan fingerprint density at radius 3 is 2.52 bits per heavy atom. The lowest BCUT2D eigenvalue weighted by molar-refractivity contribution is -0.129. The molecule has 1 aliphatic carbocycles. The lowest BCUT2D eigenvalue weighted by Gasteiger charge is -2.24. The van der Waals surface area contributed by atoms with Crippen LogP contribution in [0.3, 0.4) is 0 Å². The second-order valence-electron chi connectivity index (χ2n) is 6.56. The van der Waals surface area contributed by atoms with Gasteiger partial charge < -0.3 is 4.90 Å². The van der Waals surface area contributed by atoms with E-state index in [1.54, 1.807) is 0 Å². The number of nitrogens with zero attached hydrogens (tertiary/aromatic N) is 3. The fourth-order valence-electron chi connectivity index (χ4n) is 2.66. The number of carbonyl (C=O) groups is 1. The second kappa shape index (κ2) is 6.87. The third kappa shape index (κ3) is 4.02. The summed E-state index contributed by atoms with van der Waals surface area (Å²) < 4.78 is 0. The molecular formula is C18H23N3OS. The highest BCUT2D eigenvalue weighted by molar-refractivity contribution is 7.99. The zero-order valence-corrected chi connectivity index (χ0v) is 14.8. The zero-order valence-electron chi connectivity index (χ0n) is 14.0. The van der Waals surface area contributed by atoms with Crippen molar-refractivity contribution >= 4 is 28.7 Å². The molecule has 0 saturated heterocycles. The zero-order chi connectivity index (χ0) is 16.4. The molecule has 1 aromatic heterocycles. The van der Waals surface area contributed by atoms with Gasteiger partial charge in [0.25, 0.3) is 0 Å². The maximum atomic E-state index is 12.6. The van der Waals surface area contributed by atoms with Crippen LogP contribution in [0.1, 0.15) is 32.4 Å². The Morgan fingerprint density at radius 1 is 1.26 bits per heavy atom. The Kier molecular flexibility index (Phi) is 4.85. The average molecular weight is 329 g/mol. The van der Waals surface area contributed by atoms with Gasteiger partial charge in [0.15, 0.2) is 0 Å². The van der Waals surface area contributed by atoms with E-state index in [1.165, 1.54) is 11.8 Å². The number of rotatable bonds is 6. The van der Waals surface area contributed by atoms with E-state index in [2.05, 4.69) is 28.7 Å². The van der Waals surface area contributed by atoms with Gasteiger partial charge in [0, 0.05) is 12.6 Å². The standard InChI is InChI=1S/C18H23N3OS/c1-12(2)10-21(14-8-9-14)17(22)11-23-18-13(3)19-15-6-4-5-7-16(15)20-18/h4-7,12,14H,8-11H2,1-3H3. The molecular weight excluding hydrogens is 306 g/mol. The van der Waals surface area contributed by atoms with Crippen LogP contribution in [0.25, 0.3) is 11.0 Å². The topological polar surface area (TPSA) is 46.1 Å². The summed E-state index contributed by atoms with van der Waals surface area (Å²) in [6, 6.07) is 8.32. The van der Waals surface area contributed by atoms with Gasteiger partial charge in [-0.05, 0) is 37.8 Å². The molecule has 0 unspecified atom stereocenters. The van der Waals surface area contributed by atoms with E-state index in [0.29, 0.717) is 17.7 Å². The van der Waals surface area contributed by atoms with Gasteiger partial charge in [0.2, 0.25) is 5.91 Å². The predicted octanol–water partition coefficient (Wildman–Crippen LogP) is 3.68. The molecule has 1 aliphatic rings. The maximum absolute atomic E-state index is 12.6. The Hall–Kier alpha value is -1.62. The summed E-state index contributed by atoms with van der Waals surface area (Å²) >= 11 is 1.51. The number of amides is 1. The van der Waals surface area contributed by atoms with Gasteiger partial charge in [-0.15, -0.1) is 0 Å². The highest BCUT2D eigenvalue weighted by Crippen LogP contribution is 2.29. The fourth-order valence-corrected chi connectivity index (χ4v) is 3.50. The molecule has 3 rings (SSSR count). The molecule has 1 heterocycles. The minimum Gasteiger partial charge on any atom is -0.339 e. The number of hydrogen-bond donors (Lipinski definition) is 0. The first-order valence-electron chi connectivity index (χ1n) is 8.20. The normalized spacial score (nSPS) is 14.4. The van der Waals surface area contributed by atoms with Crippen molar-refractivity contribution in [3.63, 3.8) is 0 Å². The molecule has 1 amide bonds. The van der Waals surface area contributed by atoms with Gasteiger partial charge in [-0.25, -0.2) is 9.97 Å². The molecule has 4 nitrogen and oxygen atoms in total. The molecule has 0 N–H and O–H groups in total. The van der Waals surface area contributed by atoms with E-state index in [9.17, 15) is 4.79 Å². The molecule has 1 saturated carbocycles. The van der Waals surface area contributed by atoms with E-state index in [4.69, 9.17) is 0 Å². The summed E-state index contributed by atoms with van der Waals surface area (Å²) in [6.07, 6.45) is 2.30. The summed E-state index contributed by atoms with van der Waals surface area (Å²) in [5.41, 5.74) is 2.68. The van der Waals surface area contributed by atoms with Crippen LogP contribution < -0.4 is 0 Å². The lowest BCUT2D eigenvalue weighted by atomic mass is 10.2. The lowest BCUT2D eigenvalue weighted by Crippen LogP contribution is -2.37. The molecule has 0 spiro atoms. The van der Waals surface area contributed by atoms with E-state index in [0.717, 1.165) is 41.1 Å². The molecule has 122 valence electrons. The number of thioether (sulfide) groups is 1. The molecule has 1 fully saturated rings. The molecule has 0 aliphatic heterocycles. The maximum Gasteiger partial charge on any atom is 0.233 e. The first-order valence-corrected chi connectivity index (χ1v) is 9.19. The number of carbonyl (C=O) groups excluding carboxylic acids is 1. The van der Waals surface area contributed by atoms with E-state index in [1.807, 2.05) is 31.2 Å². The molecule has 0 bridgehead atoms. The number of aryl methyl sites for hydroxylation is 1. The second-order valence-corrected chi connectivity index (χ2v) is 7.53. The predicted molar refractivity (Wildman–Crippen MR) is 94.6 cm³/mol. The SMILES string of the molecule is Cc1nc2ccccc2nc1SCC(=O)N(CC(C)C)C1CC1. The average Bonchev–Trinajstić information content (AvgIpc) is 3.34. The molecule has 1 aromatic carbocycles. The smallest absolute Gasteiger partial charge is 0.233 e. The summed E-state index contributed by atoms with van der Waals surface area (Å²) in [4.78, 5) is 23.9. The van der Waals surface area contributed by atoms with E-state index >= 15 is 0 Å². The number of para-hydroxylation sites is 2. The number of hydrogen-bond acceptors (Lipinski definition) is 4. The van der Waals surface area contributed by atoms with Crippen molar-refractivity contribution in [2.45, 2.75) is 44.7 Å². The van der Waals surface area contributed by atoms with Crippen LogP contribution in [0.5, 0.6) is 0 Å². The van der Waals surface area contributed by atoms with Crippen molar-refractivity contribution in [1.82, 2.24) is 14.9 Å². The van der Waals surface area contributed by atoms with Gasteiger partial charge in [-0.1, -0.05) is 37.7 Å². The van der Waals surface area contributed by atoms with Crippen molar-refractivity contribution in [2.75, 3.05) is 12.3 Å². The van der Waals surface area contributed by atoms with Crippen molar-refractivity contribution < 1.29 is 4.79 Å². The Bertz CT molecular complexity index is 712. The van der Waals surface area contributed by atoms with Crippen LogP contribution in [0.2, 0.25) is 0 Å². The third-order valence-corrected chi connectivity index (χ3v) is 4.96. The molecule has 0 atom stereocenters. The van der Waals surface area contributed by atoms with Gasteiger partial charge in [-0.2, -0.15) is 0 Å². The van der Waals surface area contributed by atoms with Crippen molar-refractivity contribution in [2.24, 2.45) is 5.92 Å². The van der Waals surface area contributed by atoms with E-state index < -0.39 is 0 Å². The first kappa shape index (κ1) is 16.2. The van der Waals surface area contributed by atoms with Gasteiger partial charge >= 0.3 is 0 Å². The van der Waals surface area contributed by atoms with Crippen molar-refractivity contribution in [3.8, 4) is 0 Å².